The predicted octanol–water partition coefficient (Wildman–Crippen LogP) is 0.999. The largest absolute Gasteiger partial charge is 0.491 e. The first-order valence-electron chi connectivity index (χ1n) is 8.49. The number of amides is 5. The number of hydrogen-bond donors (Lipinski definition) is 1. The summed E-state index contributed by atoms with van der Waals surface area (Å²) in [5.74, 6) is -1.65. The molecule has 1 aliphatic rings. The molecule has 0 aliphatic carbocycles. The molecular formula is C18H23N3O5. The second-order valence-electron chi connectivity index (χ2n) is 6.10. The standard InChI is InChI=1S/C18H23N3O5/c1-4-8-20-16(23)17(24)21(18(20)25)11-15(22)19-7-9-26-14-6-5-12(2)10-13(14)3/h5-6,10H,4,7-9,11H2,1-3H3,(H,19,22). The van der Waals surface area contributed by atoms with Crippen LogP contribution in [0, 0.1) is 13.8 Å². The molecule has 0 bridgehead atoms. The van der Waals surface area contributed by atoms with E-state index in [4.69, 9.17) is 4.74 Å². The van der Waals surface area contributed by atoms with Gasteiger partial charge in [0.25, 0.3) is 0 Å². The fourth-order valence-electron chi connectivity index (χ4n) is 2.62. The SMILES string of the molecule is CCCN1C(=O)C(=O)N(CC(=O)NCCOc2ccc(C)cc2C)C1=O. The Bertz CT molecular complexity index is 732. The lowest BCUT2D eigenvalue weighted by Crippen LogP contribution is -2.42. The first-order valence-corrected chi connectivity index (χ1v) is 8.49. The Morgan fingerprint density at radius 1 is 1.12 bits per heavy atom. The Morgan fingerprint density at radius 3 is 2.46 bits per heavy atom. The second-order valence-corrected chi connectivity index (χ2v) is 6.10. The van der Waals surface area contributed by atoms with E-state index in [1.165, 1.54) is 0 Å². The summed E-state index contributed by atoms with van der Waals surface area (Å²) in [5.41, 5.74) is 2.13. The molecule has 1 N–H and O–H groups in total. The van der Waals surface area contributed by atoms with Crippen molar-refractivity contribution in [2.45, 2.75) is 27.2 Å². The summed E-state index contributed by atoms with van der Waals surface area (Å²) in [6.07, 6.45) is 0.542. The first-order chi connectivity index (χ1) is 12.3. The van der Waals surface area contributed by atoms with Gasteiger partial charge >= 0.3 is 17.8 Å². The minimum absolute atomic E-state index is 0.158. The molecule has 8 nitrogen and oxygen atoms in total. The molecule has 0 saturated carbocycles. The van der Waals surface area contributed by atoms with E-state index < -0.39 is 30.3 Å². The molecule has 1 heterocycles. The number of carbonyl (C=O) groups is 4. The van der Waals surface area contributed by atoms with Crippen molar-refractivity contribution in [2.75, 3.05) is 26.2 Å². The van der Waals surface area contributed by atoms with Gasteiger partial charge in [0.1, 0.15) is 18.9 Å². The zero-order valence-corrected chi connectivity index (χ0v) is 15.2. The summed E-state index contributed by atoms with van der Waals surface area (Å²) in [7, 11) is 0. The van der Waals surface area contributed by atoms with E-state index in [0.717, 1.165) is 21.8 Å². The van der Waals surface area contributed by atoms with Gasteiger partial charge in [0.05, 0.1) is 6.54 Å². The first kappa shape index (κ1) is 19.4. The van der Waals surface area contributed by atoms with Gasteiger partial charge in [0.15, 0.2) is 0 Å². The van der Waals surface area contributed by atoms with E-state index in [9.17, 15) is 19.2 Å². The molecule has 26 heavy (non-hydrogen) atoms. The molecule has 5 amide bonds. The molecule has 0 radical (unpaired) electrons. The van der Waals surface area contributed by atoms with Crippen LogP contribution in [-0.2, 0) is 14.4 Å². The number of urea groups is 1. The maximum atomic E-state index is 12.0. The number of carbonyl (C=O) groups excluding carboxylic acids is 4. The maximum Gasteiger partial charge on any atom is 0.334 e. The molecule has 1 aromatic rings. The number of benzene rings is 1. The summed E-state index contributed by atoms with van der Waals surface area (Å²) >= 11 is 0. The molecular weight excluding hydrogens is 338 g/mol. The number of nitrogens with one attached hydrogen (secondary N) is 1. The molecule has 1 saturated heterocycles. The van der Waals surface area contributed by atoms with E-state index in [1.807, 2.05) is 32.0 Å². The molecule has 1 aliphatic heterocycles. The Labute approximate surface area is 152 Å². The number of nitrogens with zero attached hydrogens (tertiary/aromatic N) is 2. The summed E-state index contributed by atoms with van der Waals surface area (Å²) in [6, 6.07) is 5.05. The highest BCUT2D eigenvalue weighted by Crippen LogP contribution is 2.18. The van der Waals surface area contributed by atoms with Gasteiger partial charge in [-0.15, -0.1) is 0 Å². The van der Waals surface area contributed by atoms with Gasteiger partial charge < -0.3 is 10.1 Å². The van der Waals surface area contributed by atoms with Crippen LogP contribution in [0.15, 0.2) is 18.2 Å². The third kappa shape index (κ3) is 4.38. The Morgan fingerprint density at radius 2 is 1.81 bits per heavy atom. The fourth-order valence-corrected chi connectivity index (χ4v) is 2.62. The lowest BCUT2D eigenvalue weighted by molar-refractivity contribution is -0.144. The maximum absolute atomic E-state index is 12.0. The predicted molar refractivity (Wildman–Crippen MR) is 93.5 cm³/mol. The van der Waals surface area contributed by atoms with Crippen molar-refractivity contribution in [1.82, 2.24) is 15.1 Å². The molecule has 0 spiro atoms. The van der Waals surface area contributed by atoms with E-state index in [-0.39, 0.29) is 19.7 Å². The van der Waals surface area contributed by atoms with Gasteiger partial charge in [0, 0.05) is 6.54 Å². The minimum Gasteiger partial charge on any atom is -0.491 e. The summed E-state index contributed by atoms with van der Waals surface area (Å²) < 4.78 is 5.60. The number of ether oxygens (including phenoxy) is 1. The van der Waals surface area contributed by atoms with Gasteiger partial charge in [-0.3, -0.25) is 19.3 Å². The van der Waals surface area contributed by atoms with Crippen molar-refractivity contribution in [2.24, 2.45) is 0 Å². The molecule has 0 atom stereocenters. The summed E-state index contributed by atoms with van der Waals surface area (Å²) in [4.78, 5) is 49.1. The van der Waals surface area contributed by atoms with Crippen LogP contribution < -0.4 is 10.1 Å². The van der Waals surface area contributed by atoms with Crippen LogP contribution >= 0.6 is 0 Å². The van der Waals surface area contributed by atoms with Crippen LogP contribution in [0.25, 0.3) is 0 Å². The summed E-state index contributed by atoms with van der Waals surface area (Å²) in [6.45, 7) is 5.86. The molecule has 8 heteroatoms. The third-order valence-corrected chi connectivity index (χ3v) is 3.90. The van der Waals surface area contributed by atoms with Gasteiger partial charge in [-0.05, 0) is 31.9 Å². The Balaban J connectivity index is 1.79. The van der Waals surface area contributed by atoms with Crippen molar-refractivity contribution >= 4 is 23.8 Å². The molecule has 0 unspecified atom stereocenters. The quantitative estimate of drug-likeness (QED) is 0.423. The normalized spacial score (nSPS) is 14.2. The van der Waals surface area contributed by atoms with Gasteiger partial charge in [-0.2, -0.15) is 0 Å². The third-order valence-electron chi connectivity index (χ3n) is 3.90. The van der Waals surface area contributed by atoms with Crippen LogP contribution in [0.1, 0.15) is 24.5 Å². The van der Waals surface area contributed by atoms with Crippen LogP contribution in [0.5, 0.6) is 5.75 Å². The minimum atomic E-state index is -0.967. The lowest BCUT2D eigenvalue weighted by atomic mass is 10.1. The van der Waals surface area contributed by atoms with Crippen LogP contribution in [0.2, 0.25) is 0 Å². The van der Waals surface area contributed by atoms with Crippen molar-refractivity contribution < 1.29 is 23.9 Å². The van der Waals surface area contributed by atoms with Crippen LogP contribution in [0.4, 0.5) is 4.79 Å². The molecule has 1 fully saturated rings. The number of aryl methyl sites for hydroxylation is 2. The second kappa shape index (κ2) is 8.46. The summed E-state index contributed by atoms with van der Waals surface area (Å²) in [5, 5.41) is 2.57. The Kier molecular flexibility index (Phi) is 6.32. The monoisotopic (exact) mass is 361 g/mol. The molecule has 2 rings (SSSR count). The molecule has 1 aromatic carbocycles. The number of imide groups is 2. The molecule has 140 valence electrons. The average Bonchev–Trinajstić information content (AvgIpc) is 2.78. The number of rotatable bonds is 8. The zero-order valence-electron chi connectivity index (χ0n) is 15.2. The highest BCUT2D eigenvalue weighted by Gasteiger charge is 2.44. The lowest BCUT2D eigenvalue weighted by Gasteiger charge is -2.15. The number of hydrogen-bond acceptors (Lipinski definition) is 5. The zero-order chi connectivity index (χ0) is 19.3. The van der Waals surface area contributed by atoms with E-state index >= 15 is 0 Å². The van der Waals surface area contributed by atoms with Crippen LogP contribution in [-0.4, -0.2) is 59.8 Å². The van der Waals surface area contributed by atoms with Crippen LogP contribution in [0.3, 0.4) is 0 Å². The molecule has 0 aromatic heterocycles. The fraction of sp³-hybridized carbons (Fsp3) is 0.444. The highest BCUT2D eigenvalue weighted by atomic mass is 16.5. The topological polar surface area (TPSA) is 96.0 Å². The van der Waals surface area contributed by atoms with E-state index in [0.29, 0.717) is 11.3 Å². The average molecular weight is 361 g/mol. The van der Waals surface area contributed by atoms with Crippen molar-refractivity contribution in [3.05, 3.63) is 29.3 Å². The van der Waals surface area contributed by atoms with Crippen molar-refractivity contribution in [3.63, 3.8) is 0 Å². The van der Waals surface area contributed by atoms with Gasteiger partial charge in [0.2, 0.25) is 5.91 Å². The van der Waals surface area contributed by atoms with Crippen molar-refractivity contribution in [3.8, 4) is 5.75 Å². The van der Waals surface area contributed by atoms with E-state index in [2.05, 4.69) is 5.32 Å². The Hall–Kier alpha value is -2.90. The highest BCUT2D eigenvalue weighted by molar-refractivity contribution is 6.45. The smallest absolute Gasteiger partial charge is 0.334 e. The van der Waals surface area contributed by atoms with E-state index in [1.54, 1.807) is 6.92 Å². The van der Waals surface area contributed by atoms with Crippen molar-refractivity contribution in [1.29, 1.82) is 0 Å². The van der Waals surface area contributed by atoms with Gasteiger partial charge in [-0.1, -0.05) is 24.6 Å². The van der Waals surface area contributed by atoms with Gasteiger partial charge in [-0.25, -0.2) is 9.69 Å².